The van der Waals surface area contributed by atoms with Crippen molar-refractivity contribution in [3.8, 4) is 0 Å². The number of nitrogens with one attached hydrogen (secondary N) is 1. The van der Waals surface area contributed by atoms with E-state index in [4.69, 9.17) is 5.73 Å². The zero-order chi connectivity index (χ0) is 15.3. The molecule has 0 aliphatic rings. The summed E-state index contributed by atoms with van der Waals surface area (Å²) < 4.78 is 0. The average Bonchev–Trinajstić information content (AvgIpc) is 2.39. The van der Waals surface area contributed by atoms with Crippen LogP contribution in [0.2, 0.25) is 0 Å². The van der Waals surface area contributed by atoms with Crippen LogP contribution in [0, 0.1) is 15.5 Å². The predicted octanol–water partition coefficient (Wildman–Crippen LogP) is 1.87. The Morgan fingerprint density at radius 2 is 2.10 bits per heavy atom. The standard InChI is InChI=1S/C12H18N4O4/c1-3-12(4-2,11(17)18)7-14-9-6-5-8(16(19)20)10(13)15-9/h5-6H,3-4,7H2,1-2H3,(H,17,18)(H3,13,14,15). The lowest BCUT2D eigenvalue weighted by Crippen LogP contribution is -2.37. The maximum atomic E-state index is 11.3. The molecule has 8 heteroatoms. The fourth-order valence-electron chi connectivity index (χ4n) is 1.86. The molecule has 0 aliphatic carbocycles. The summed E-state index contributed by atoms with van der Waals surface area (Å²) in [7, 11) is 0. The van der Waals surface area contributed by atoms with Gasteiger partial charge in [-0.2, -0.15) is 0 Å². The van der Waals surface area contributed by atoms with Crippen molar-refractivity contribution < 1.29 is 14.8 Å². The van der Waals surface area contributed by atoms with Gasteiger partial charge in [0.1, 0.15) is 5.82 Å². The molecule has 1 aromatic heterocycles. The molecule has 0 radical (unpaired) electrons. The lowest BCUT2D eigenvalue weighted by Gasteiger charge is -2.27. The molecule has 0 spiro atoms. The minimum Gasteiger partial charge on any atom is -0.481 e. The minimum atomic E-state index is -0.891. The number of nitrogens with zero attached hydrogens (tertiary/aromatic N) is 2. The van der Waals surface area contributed by atoms with Crippen molar-refractivity contribution in [1.82, 2.24) is 4.98 Å². The van der Waals surface area contributed by atoms with Crippen molar-refractivity contribution in [2.24, 2.45) is 5.41 Å². The average molecular weight is 282 g/mol. The second kappa shape index (κ2) is 6.18. The van der Waals surface area contributed by atoms with E-state index in [1.54, 1.807) is 13.8 Å². The molecule has 0 saturated carbocycles. The molecule has 0 aliphatic heterocycles. The van der Waals surface area contributed by atoms with Crippen LogP contribution in [-0.4, -0.2) is 27.5 Å². The normalized spacial score (nSPS) is 11.1. The summed E-state index contributed by atoms with van der Waals surface area (Å²) in [6.07, 6.45) is 0.933. The molecular formula is C12H18N4O4. The molecule has 20 heavy (non-hydrogen) atoms. The number of nitro groups is 1. The third kappa shape index (κ3) is 3.14. The Kier molecular flexibility index (Phi) is 4.84. The first kappa shape index (κ1) is 15.7. The Morgan fingerprint density at radius 1 is 1.50 bits per heavy atom. The lowest BCUT2D eigenvalue weighted by atomic mass is 9.82. The van der Waals surface area contributed by atoms with Crippen LogP contribution in [0.15, 0.2) is 12.1 Å². The van der Waals surface area contributed by atoms with Gasteiger partial charge in [0.2, 0.25) is 5.82 Å². The van der Waals surface area contributed by atoms with Crippen molar-refractivity contribution >= 4 is 23.3 Å². The highest BCUT2D eigenvalue weighted by atomic mass is 16.6. The fourth-order valence-corrected chi connectivity index (χ4v) is 1.86. The van der Waals surface area contributed by atoms with Crippen molar-refractivity contribution in [3.05, 3.63) is 22.2 Å². The van der Waals surface area contributed by atoms with Gasteiger partial charge in [-0.05, 0) is 18.9 Å². The number of aromatic nitrogens is 1. The number of nitrogens with two attached hydrogens (primary N) is 1. The molecule has 4 N–H and O–H groups in total. The monoisotopic (exact) mass is 282 g/mol. The van der Waals surface area contributed by atoms with E-state index in [2.05, 4.69) is 10.3 Å². The molecule has 0 saturated heterocycles. The number of anilines is 2. The van der Waals surface area contributed by atoms with E-state index >= 15 is 0 Å². The highest BCUT2D eigenvalue weighted by molar-refractivity contribution is 5.75. The van der Waals surface area contributed by atoms with Gasteiger partial charge in [0.15, 0.2) is 0 Å². The summed E-state index contributed by atoms with van der Waals surface area (Å²) in [6, 6.07) is 2.65. The molecule has 1 rings (SSSR count). The highest BCUT2D eigenvalue weighted by Gasteiger charge is 2.34. The smallest absolute Gasteiger partial charge is 0.311 e. The van der Waals surface area contributed by atoms with Crippen LogP contribution < -0.4 is 11.1 Å². The third-order valence-electron chi connectivity index (χ3n) is 3.51. The van der Waals surface area contributed by atoms with Crippen molar-refractivity contribution in [2.75, 3.05) is 17.6 Å². The van der Waals surface area contributed by atoms with Gasteiger partial charge in [-0.1, -0.05) is 13.8 Å². The first-order valence-electron chi connectivity index (χ1n) is 6.24. The quantitative estimate of drug-likeness (QED) is 0.513. The first-order valence-corrected chi connectivity index (χ1v) is 6.24. The van der Waals surface area contributed by atoms with Crippen LogP contribution in [0.1, 0.15) is 26.7 Å². The molecule has 0 amide bonds. The largest absolute Gasteiger partial charge is 0.481 e. The summed E-state index contributed by atoms with van der Waals surface area (Å²) in [5.74, 6) is -0.764. The summed E-state index contributed by atoms with van der Waals surface area (Å²) in [6.45, 7) is 3.79. The predicted molar refractivity (Wildman–Crippen MR) is 74.4 cm³/mol. The van der Waals surface area contributed by atoms with Gasteiger partial charge in [-0.15, -0.1) is 0 Å². The van der Waals surface area contributed by atoms with Crippen molar-refractivity contribution in [1.29, 1.82) is 0 Å². The molecule has 8 nitrogen and oxygen atoms in total. The van der Waals surface area contributed by atoms with Crippen LogP contribution in [0.3, 0.4) is 0 Å². The van der Waals surface area contributed by atoms with Gasteiger partial charge < -0.3 is 16.2 Å². The lowest BCUT2D eigenvalue weighted by molar-refractivity contribution is -0.384. The van der Waals surface area contributed by atoms with Crippen LogP contribution in [0.25, 0.3) is 0 Å². The molecule has 0 fully saturated rings. The third-order valence-corrected chi connectivity index (χ3v) is 3.51. The summed E-state index contributed by atoms with van der Waals surface area (Å²) >= 11 is 0. The Bertz CT molecular complexity index is 514. The zero-order valence-corrected chi connectivity index (χ0v) is 11.4. The van der Waals surface area contributed by atoms with E-state index in [1.165, 1.54) is 12.1 Å². The number of nitrogen functional groups attached to an aromatic ring is 1. The number of hydrogen-bond acceptors (Lipinski definition) is 6. The number of hydrogen-bond donors (Lipinski definition) is 3. The molecule has 0 bridgehead atoms. The van der Waals surface area contributed by atoms with Gasteiger partial charge in [-0.3, -0.25) is 14.9 Å². The molecule has 0 atom stereocenters. The summed E-state index contributed by atoms with van der Waals surface area (Å²) in [4.78, 5) is 25.2. The second-order valence-corrected chi connectivity index (χ2v) is 4.50. The Labute approximate surface area is 116 Å². The number of pyridine rings is 1. The van der Waals surface area contributed by atoms with Crippen LogP contribution >= 0.6 is 0 Å². The van der Waals surface area contributed by atoms with E-state index in [-0.39, 0.29) is 18.1 Å². The van der Waals surface area contributed by atoms with Gasteiger partial charge in [0.25, 0.3) is 0 Å². The van der Waals surface area contributed by atoms with Crippen LogP contribution in [0.4, 0.5) is 17.3 Å². The summed E-state index contributed by atoms with van der Waals surface area (Å²) in [5, 5.41) is 22.8. The first-order chi connectivity index (χ1) is 9.36. The van der Waals surface area contributed by atoms with Gasteiger partial charge in [0, 0.05) is 12.6 Å². The number of carboxylic acids is 1. The van der Waals surface area contributed by atoms with E-state index in [0.717, 1.165) is 0 Å². The maximum absolute atomic E-state index is 11.3. The number of carboxylic acid groups (broad SMARTS) is 1. The minimum absolute atomic E-state index is 0.180. The Morgan fingerprint density at radius 3 is 2.50 bits per heavy atom. The maximum Gasteiger partial charge on any atom is 0.311 e. The Hall–Kier alpha value is -2.38. The van der Waals surface area contributed by atoms with E-state index in [1.807, 2.05) is 0 Å². The number of rotatable bonds is 7. The van der Waals surface area contributed by atoms with Crippen molar-refractivity contribution in [2.45, 2.75) is 26.7 Å². The zero-order valence-electron chi connectivity index (χ0n) is 11.4. The molecule has 0 aromatic carbocycles. The van der Waals surface area contributed by atoms with Gasteiger partial charge in [-0.25, -0.2) is 4.98 Å². The SMILES string of the molecule is CCC(CC)(CNc1ccc([N+](=O)[O-])c(N)n1)C(=O)O. The highest BCUT2D eigenvalue weighted by Crippen LogP contribution is 2.28. The summed E-state index contributed by atoms with van der Waals surface area (Å²) in [5.41, 5.74) is 4.31. The van der Waals surface area contributed by atoms with Gasteiger partial charge >= 0.3 is 11.7 Å². The molecule has 1 aromatic rings. The number of aliphatic carboxylic acids is 1. The van der Waals surface area contributed by atoms with Crippen LogP contribution in [-0.2, 0) is 4.79 Å². The number of carbonyl (C=O) groups is 1. The topological polar surface area (TPSA) is 131 Å². The van der Waals surface area contributed by atoms with E-state index < -0.39 is 16.3 Å². The van der Waals surface area contributed by atoms with Crippen LogP contribution in [0.5, 0.6) is 0 Å². The molecule has 110 valence electrons. The van der Waals surface area contributed by atoms with E-state index in [9.17, 15) is 20.0 Å². The molecule has 1 heterocycles. The van der Waals surface area contributed by atoms with E-state index in [0.29, 0.717) is 18.7 Å². The molecular weight excluding hydrogens is 264 g/mol. The van der Waals surface area contributed by atoms with Crippen molar-refractivity contribution in [3.63, 3.8) is 0 Å². The fraction of sp³-hybridized carbons (Fsp3) is 0.500. The second-order valence-electron chi connectivity index (χ2n) is 4.50. The Balaban J connectivity index is 2.87. The van der Waals surface area contributed by atoms with Gasteiger partial charge in [0.05, 0.1) is 10.3 Å². The molecule has 0 unspecified atom stereocenters.